The maximum atomic E-state index is 12.7. The molecular formula is C20H29NO3. The lowest BCUT2D eigenvalue weighted by Gasteiger charge is -2.46. The molecule has 0 aromatic heterocycles. The lowest BCUT2D eigenvalue weighted by atomic mass is 9.79. The lowest BCUT2D eigenvalue weighted by molar-refractivity contribution is -0.130. The molecule has 0 radical (unpaired) electrons. The van der Waals surface area contributed by atoms with Crippen LogP contribution in [0.1, 0.15) is 56.7 Å². The average molecular weight is 331 g/mol. The number of hydrogen-bond acceptors (Lipinski definition) is 4. The number of methoxy groups -OCH3 is 2. The molecule has 3 atom stereocenters. The van der Waals surface area contributed by atoms with Crippen molar-refractivity contribution in [3.05, 3.63) is 23.3 Å². The van der Waals surface area contributed by atoms with Gasteiger partial charge in [-0.25, -0.2) is 0 Å². The van der Waals surface area contributed by atoms with Gasteiger partial charge in [0.1, 0.15) is 5.78 Å². The van der Waals surface area contributed by atoms with Crippen molar-refractivity contribution in [2.75, 3.05) is 20.8 Å². The van der Waals surface area contributed by atoms with Gasteiger partial charge in [-0.2, -0.15) is 0 Å². The van der Waals surface area contributed by atoms with Crippen LogP contribution in [0.2, 0.25) is 0 Å². The number of fused-ring (bicyclic) bond motifs is 3. The summed E-state index contributed by atoms with van der Waals surface area (Å²) in [5.41, 5.74) is 2.54. The van der Waals surface area contributed by atoms with Crippen LogP contribution in [0, 0.1) is 5.92 Å². The molecule has 2 heterocycles. The van der Waals surface area contributed by atoms with Gasteiger partial charge >= 0.3 is 0 Å². The van der Waals surface area contributed by atoms with Crippen LogP contribution in [0.25, 0.3) is 0 Å². The number of ether oxygens (including phenoxy) is 2. The number of nitrogens with zero attached hydrogens (tertiary/aromatic N) is 1. The van der Waals surface area contributed by atoms with Crippen LogP contribution >= 0.6 is 0 Å². The number of ketones is 1. The molecule has 4 nitrogen and oxygen atoms in total. The summed E-state index contributed by atoms with van der Waals surface area (Å²) in [6, 6.07) is 4.82. The number of unbranched alkanes of at least 4 members (excludes halogenated alkanes) is 1. The molecular weight excluding hydrogens is 302 g/mol. The second-order valence-corrected chi connectivity index (χ2v) is 7.18. The molecule has 2 aliphatic rings. The summed E-state index contributed by atoms with van der Waals surface area (Å²) in [6.07, 6.45) is 4.96. The van der Waals surface area contributed by atoms with Crippen LogP contribution in [-0.4, -0.2) is 37.5 Å². The van der Waals surface area contributed by atoms with Gasteiger partial charge in [0.2, 0.25) is 0 Å². The third-order valence-corrected chi connectivity index (χ3v) is 5.67. The molecule has 1 aromatic carbocycles. The van der Waals surface area contributed by atoms with Gasteiger partial charge in [0.05, 0.1) is 14.2 Å². The zero-order valence-electron chi connectivity index (χ0n) is 15.3. The van der Waals surface area contributed by atoms with E-state index in [1.54, 1.807) is 14.2 Å². The molecule has 3 rings (SSSR count). The van der Waals surface area contributed by atoms with Gasteiger partial charge < -0.3 is 9.47 Å². The third-order valence-electron chi connectivity index (χ3n) is 5.67. The van der Waals surface area contributed by atoms with Gasteiger partial charge in [0, 0.05) is 31.0 Å². The first-order valence-electron chi connectivity index (χ1n) is 9.12. The van der Waals surface area contributed by atoms with Crippen LogP contribution in [0.5, 0.6) is 11.5 Å². The van der Waals surface area contributed by atoms with Gasteiger partial charge in [-0.1, -0.05) is 19.8 Å². The highest BCUT2D eigenvalue weighted by atomic mass is 16.5. The van der Waals surface area contributed by atoms with Crippen LogP contribution in [0.3, 0.4) is 0 Å². The van der Waals surface area contributed by atoms with Gasteiger partial charge in [0.15, 0.2) is 11.5 Å². The summed E-state index contributed by atoms with van der Waals surface area (Å²) in [4.78, 5) is 15.2. The van der Waals surface area contributed by atoms with Gasteiger partial charge in [-0.3, -0.25) is 9.69 Å². The number of carbonyl (C=O) groups is 1. The first-order valence-corrected chi connectivity index (χ1v) is 9.12. The Morgan fingerprint density at radius 2 is 1.88 bits per heavy atom. The zero-order valence-corrected chi connectivity index (χ0v) is 15.3. The molecule has 132 valence electrons. The summed E-state index contributed by atoms with van der Waals surface area (Å²) in [5, 5.41) is 0. The molecule has 0 bridgehead atoms. The number of rotatable bonds is 5. The molecule has 24 heavy (non-hydrogen) atoms. The smallest absolute Gasteiger partial charge is 0.161 e. The number of Topliss-reactive ketones (excluding diaryl/α,β-unsaturated/α-hetero) is 1. The largest absolute Gasteiger partial charge is 0.493 e. The number of benzene rings is 1. The van der Waals surface area contributed by atoms with Crippen LogP contribution < -0.4 is 9.47 Å². The minimum atomic E-state index is 0.189. The summed E-state index contributed by atoms with van der Waals surface area (Å²) in [6.45, 7) is 5.37. The molecule has 3 unspecified atom stereocenters. The predicted octanol–water partition coefficient (Wildman–Crippen LogP) is 3.77. The van der Waals surface area contributed by atoms with Crippen molar-refractivity contribution < 1.29 is 14.3 Å². The highest BCUT2D eigenvalue weighted by Gasteiger charge is 2.40. The summed E-state index contributed by atoms with van der Waals surface area (Å²) < 4.78 is 10.9. The highest BCUT2D eigenvalue weighted by molar-refractivity contribution is 5.83. The lowest BCUT2D eigenvalue weighted by Crippen LogP contribution is -2.50. The van der Waals surface area contributed by atoms with Crippen LogP contribution in [0.4, 0.5) is 0 Å². The van der Waals surface area contributed by atoms with Crippen LogP contribution in [-0.2, 0) is 11.2 Å². The van der Waals surface area contributed by atoms with Crippen LogP contribution in [0.15, 0.2) is 12.1 Å². The molecule has 0 amide bonds. The van der Waals surface area contributed by atoms with Crippen molar-refractivity contribution in [2.45, 2.75) is 58.0 Å². The van der Waals surface area contributed by atoms with Crippen molar-refractivity contribution in [3.63, 3.8) is 0 Å². The predicted molar refractivity (Wildman–Crippen MR) is 94.8 cm³/mol. The van der Waals surface area contributed by atoms with Gasteiger partial charge in [-0.15, -0.1) is 0 Å². The van der Waals surface area contributed by atoms with E-state index in [1.807, 2.05) is 0 Å². The summed E-state index contributed by atoms with van der Waals surface area (Å²) >= 11 is 0. The molecule has 1 fully saturated rings. The Kier molecular flexibility index (Phi) is 5.14. The topological polar surface area (TPSA) is 38.8 Å². The zero-order chi connectivity index (χ0) is 17.3. The molecule has 4 heteroatoms. The van der Waals surface area contributed by atoms with E-state index < -0.39 is 0 Å². The standard InChI is InChI=1S/C20H29NO3/c1-5-6-7-14-12-21-13(2)8-15-9-19(23-3)20(24-4)10-16(15)17(21)11-18(14)22/h9-10,13-14,17H,5-8,11-12H2,1-4H3. The SMILES string of the molecule is CCCCC1CN2C(C)Cc3cc(OC)c(OC)cc3C2CC1=O. The Hall–Kier alpha value is -1.55. The first-order chi connectivity index (χ1) is 11.6. The van der Waals surface area contributed by atoms with Crippen molar-refractivity contribution in [1.29, 1.82) is 0 Å². The number of piperidine rings is 1. The van der Waals surface area contributed by atoms with E-state index in [1.165, 1.54) is 11.1 Å². The van der Waals surface area contributed by atoms with E-state index >= 15 is 0 Å². The first kappa shape index (κ1) is 17.3. The van der Waals surface area contributed by atoms with E-state index in [4.69, 9.17) is 9.47 Å². The second-order valence-electron chi connectivity index (χ2n) is 7.18. The number of hydrogen-bond donors (Lipinski definition) is 0. The maximum Gasteiger partial charge on any atom is 0.161 e. The average Bonchev–Trinajstić information content (AvgIpc) is 2.59. The monoisotopic (exact) mass is 331 g/mol. The van der Waals surface area contributed by atoms with Gasteiger partial charge in [0.25, 0.3) is 0 Å². The second kappa shape index (κ2) is 7.14. The van der Waals surface area contributed by atoms with Crippen molar-refractivity contribution in [2.24, 2.45) is 5.92 Å². The molecule has 0 N–H and O–H groups in total. The van der Waals surface area contributed by atoms with E-state index in [0.717, 1.165) is 43.7 Å². The fourth-order valence-corrected chi connectivity index (χ4v) is 4.30. The molecule has 0 spiro atoms. The Morgan fingerprint density at radius 1 is 1.17 bits per heavy atom. The minimum absolute atomic E-state index is 0.189. The normalized spacial score (nSPS) is 26.7. The fraction of sp³-hybridized carbons (Fsp3) is 0.650. The number of carbonyl (C=O) groups excluding carboxylic acids is 1. The summed E-state index contributed by atoms with van der Waals surface area (Å²) in [5.74, 6) is 2.18. The molecule has 0 saturated carbocycles. The molecule has 1 aromatic rings. The molecule has 0 aliphatic carbocycles. The molecule has 1 saturated heterocycles. The van der Waals surface area contributed by atoms with Crippen molar-refractivity contribution >= 4 is 5.78 Å². The van der Waals surface area contributed by atoms with Crippen molar-refractivity contribution in [1.82, 2.24) is 4.90 Å². The Morgan fingerprint density at radius 3 is 2.54 bits per heavy atom. The van der Waals surface area contributed by atoms with Crippen molar-refractivity contribution in [3.8, 4) is 11.5 Å². The van der Waals surface area contributed by atoms with E-state index in [2.05, 4.69) is 30.9 Å². The molecule has 2 aliphatic heterocycles. The fourth-order valence-electron chi connectivity index (χ4n) is 4.30. The minimum Gasteiger partial charge on any atom is -0.493 e. The van der Waals surface area contributed by atoms with E-state index in [-0.39, 0.29) is 12.0 Å². The van der Waals surface area contributed by atoms with Gasteiger partial charge in [-0.05, 0) is 43.0 Å². The van der Waals surface area contributed by atoms with E-state index in [0.29, 0.717) is 18.2 Å². The Bertz CT molecular complexity index is 613. The Balaban J connectivity index is 1.91. The summed E-state index contributed by atoms with van der Waals surface area (Å²) in [7, 11) is 3.34. The van der Waals surface area contributed by atoms with E-state index in [9.17, 15) is 4.79 Å². The maximum absolute atomic E-state index is 12.7. The Labute approximate surface area is 145 Å². The highest BCUT2D eigenvalue weighted by Crippen LogP contribution is 2.44. The third kappa shape index (κ3) is 3.04. The quantitative estimate of drug-likeness (QED) is 0.823.